The summed E-state index contributed by atoms with van der Waals surface area (Å²) in [6.45, 7) is 5.11. The third-order valence-electron chi connectivity index (χ3n) is 1.99. The first-order valence-electron chi connectivity index (χ1n) is 4.97. The Labute approximate surface area is 108 Å². The zero-order valence-corrected chi connectivity index (χ0v) is 11.4. The Bertz CT molecular complexity index is 460. The lowest BCUT2D eigenvalue weighted by atomic mass is 9.97. The molecule has 1 aromatic rings. The predicted octanol–water partition coefficient (Wildman–Crippen LogP) is 3.10. The summed E-state index contributed by atoms with van der Waals surface area (Å²) in [5, 5.41) is 8.99. The predicted molar refractivity (Wildman–Crippen MR) is 66.2 cm³/mol. The average Bonchev–Trinajstić information content (AvgIpc) is 2.18. The van der Waals surface area contributed by atoms with E-state index < -0.39 is 17.4 Å². The second-order valence-electron chi connectivity index (χ2n) is 4.59. The van der Waals surface area contributed by atoms with Crippen molar-refractivity contribution in [1.82, 2.24) is 0 Å². The van der Waals surface area contributed by atoms with Crippen LogP contribution in [-0.2, 0) is 4.79 Å². The fourth-order valence-electron chi connectivity index (χ4n) is 1.01. The molecule has 5 heteroatoms. The highest BCUT2D eigenvalue weighted by atomic mass is 79.9. The molecular weight excluding hydrogens is 288 g/mol. The molecule has 0 radical (unpaired) electrons. The summed E-state index contributed by atoms with van der Waals surface area (Å²) >= 11 is 3.17. The number of hydrogen-bond acceptors (Lipinski definition) is 3. The van der Waals surface area contributed by atoms with Gasteiger partial charge in [-0.25, -0.2) is 4.79 Å². The molecule has 0 aliphatic rings. The van der Waals surface area contributed by atoms with E-state index in [4.69, 9.17) is 9.84 Å². The molecule has 92 valence electrons. The highest BCUT2D eigenvalue weighted by Crippen LogP contribution is 2.26. The normalized spacial score (nSPS) is 11.1. The lowest BCUT2D eigenvalue weighted by Crippen LogP contribution is -2.26. The van der Waals surface area contributed by atoms with E-state index in [1.54, 1.807) is 26.8 Å². The fraction of sp³-hybridized carbons (Fsp3) is 0.333. The Balaban J connectivity index is 3.07. The SMILES string of the molecule is CC(C)(C)C(=O)Oc1ccc(Br)cc1C(=O)O. The Morgan fingerprint density at radius 3 is 2.35 bits per heavy atom. The third kappa shape index (κ3) is 3.56. The van der Waals surface area contributed by atoms with E-state index in [0.29, 0.717) is 4.47 Å². The van der Waals surface area contributed by atoms with Gasteiger partial charge in [0.05, 0.1) is 5.41 Å². The summed E-state index contributed by atoms with van der Waals surface area (Å²) in [6.07, 6.45) is 0. The van der Waals surface area contributed by atoms with Crippen molar-refractivity contribution in [3.8, 4) is 5.75 Å². The monoisotopic (exact) mass is 300 g/mol. The van der Waals surface area contributed by atoms with E-state index in [2.05, 4.69) is 15.9 Å². The van der Waals surface area contributed by atoms with Crippen molar-refractivity contribution in [2.24, 2.45) is 5.41 Å². The molecule has 0 aliphatic heterocycles. The summed E-state index contributed by atoms with van der Waals surface area (Å²) < 4.78 is 5.70. The molecule has 0 aromatic heterocycles. The first kappa shape index (κ1) is 13.7. The van der Waals surface area contributed by atoms with Crippen molar-refractivity contribution in [3.63, 3.8) is 0 Å². The topological polar surface area (TPSA) is 63.6 Å². The smallest absolute Gasteiger partial charge is 0.339 e. The van der Waals surface area contributed by atoms with Crippen molar-refractivity contribution in [1.29, 1.82) is 0 Å². The van der Waals surface area contributed by atoms with E-state index >= 15 is 0 Å². The summed E-state index contributed by atoms with van der Waals surface area (Å²) in [4.78, 5) is 22.7. The highest BCUT2D eigenvalue weighted by Gasteiger charge is 2.25. The van der Waals surface area contributed by atoms with E-state index in [1.165, 1.54) is 12.1 Å². The number of carboxylic acid groups (broad SMARTS) is 1. The summed E-state index contributed by atoms with van der Waals surface area (Å²) in [6, 6.07) is 4.47. The first-order chi connectivity index (χ1) is 7.71. The number of esters is 1. The quantitative estimate of drug-likeness (QED) is 0.673. The summed E-state index contributed by atoms with van der Waals surface area (Å²) in [5.74, 6) is -1.55. The maximum Gasteiger partial charge on any atom is 0.339 e. The van der Waals surface area contributed by atoms with Crippen LogP contribution in [0.4, 0.5) is 0 Å². The van der Waals surface area contributed by atoms with Crippen LogP contribution in [0.1, 0.15) is 31.1 Å². The van der Waals surface area contributed by atoms with Crippen molar-refractivity contribution in [3.05, 3.63) is 28.2 Å². The molecule has 0 atom stereocenters. The van der Waals surface area contributed by atoms with Gasteiger partial charge in [0.25, 0.3) is 0 Å². The number of ether oxygens (including phenoxy) is 1. The second-order valence-corrected chi connectivity index (χ2v) is 5.50. The Morgan fingerprint density at radius 2 is 1.88 bits per heavy atom. The number of benzene rings is 1. The molecule has 0 saturated carbocycles. The van der Waals surface area contributed by atoms with Crippen LogP contribution in [0.2, 0.25) is 0 Å². The van der Waals surface area contributed by atoms with Gasteiger partial charge in [-0.15, -0.1) is 0 Å². The number of halogens is 1. The van der Waals surface area contributed by atoms with Crippen LogP contribution < -0.4 is 4.74 Å². The van der Waals surface area contributed by atoms with Crippen LogP contribution in [-0.4, -0.2) is 17.0 Å². The van der Waals surface area contributed by atoms with E-state index in [-0.39, 0.29) is 11.3 Å². The van der Waals surface area contributed by atoms with Crippen molar-refractivity contribution in [2.45, 2.75) is 20.8 Å². The molecule has 0 unspecified atom stereocenters. The Morgan fingerprint density at radius 1 is 1.29 bits per heavy atom. The maximum atomic E-state index is 11.7. The van der Waals surface area contributed by atoms with Crippen molar-refractivity contribution < 1.29 is 19.4 Å². The minimum Gasteiger partial charge on any atom is -0.478 e. The van der Waals surface area contributed by atoms with Crippen LogP contribution in [0.5, 0.6) is 5.75 Å². The van der Waals surface area contributed by atoms with Gasteiger partial charge in [0.2, 0.25) is 0 Å². The third-order valence-corrected chi connectivity index (χ3v) is 2.48. The maximum absolute atomic E-state index is 11.7. The van der Waals surface area contributed by atoms with E-state index in [9.17, 15) is 9.59 Å². The molecule has 0 heterocycles. The molecule has 0 saturated heterocycles. The standard InChI is InChI=1S/C12H13BrO4/c1-12(2,3)11(16)17-9-5-4-7(13)6-8(9)10(14)15/h4-6H,1-3H3,(H,14,15). The van der Waals surface area contributed by atoms with Gasteiger partial charge in [0, 0.05) is 4.47 Å². The van der Waals surface area contributed by atoms with Crippen LogP contribution in [0.3, 0.4) is 0 Å². The number of carbonyl (C=O) groups excluding carboxylic acids is 1. The molecule has 0 fully saturated rings. The van der Waals surface area contributed by atoms with Crippen LogP contribution in [0.15, 0.2) is 22.7 Å². The van der Waals surface area contributed by atoms with Gasteiger partial charge < -0.3 is 9.84 Å². The van der Waals surface area contributed by atoms with Crippen LogP contribution in [0, 0.1) is 5.41 Å². The number of carboxylic acids is 1. The number of hydrogen-bond donors (Lipinski definition) is 1. The molecule has 1 rings (SSSR count). The van der Waals surface area contributed by atoms with Gasteiger partial charge in [0.15, 0.2) is 0 Å². The lowest BCUT2D eigenvalue weighted by molar-refractivity contribution is -0.143. The molecule has 4 nitrogen and oxygen atoms in total. The van der Waals surface area contributed by atoms with Gasteiger partial charge >= 0.3 is 11.9 Å². The number of aromatic carboxylic acids is 1. The summed E-state index contributed by atoms with van der Waals surface area (Å²) in [5.41, 5.74) is -0.722. The van der Waals surface area contributed by atoms with Crippen molar-refractivity contribution in [2.75, 3.05) is 0 Å². The van der Waals surface area contributed by atoms with Crippen LogP contribution in [0.25, 0.3) is 0 Å². The zero-order valence-electron chi connectivity index (χ0n) is 9.78. The van der Waals surface area contributed by atoms with Gasteiger partial charge in [-0.3, -0.25) is 4.79 Å². The molecule has 0 aliphatic carbocycles. The molecular formula is C12H13BrO4. The minimum absolute atomic E-state index is 0.0445. The second kappa shape index (κ2) is 4.87. The summed E-state index contributed by atoms with van der Waals surface area (Å²) in [7, 11) is 0. The zero-order chi connectivity index (χ0) is 13.2. The molecule has 0 amide bonds. The fourth-order valence-corrected chi connectivity index (χ4v) is 1.37. The van der Waals surface area contributed by atoms with Crippen LogP contribution >= 0.6 is 15.9 Å². The van der Waals surface area contributed by atoms with Crippen molar-refractivity contribution >= 4 is 27.9 Å². The highest BCUT2D eigenvalue weighted by molar-refractivity contribution is 9.10. The molecule has 0 spiro atoms. The Kier molecular flexibility index (Phi) is 3.93. The van der Waals surface area contributed by atoms with Gasteiger partial charge in [-0.05, 0) is 39.0 Å². The molecule has 1 N–H and O–H groups in total. The minimum atomic E-state index is -1.14. The van der Waals surface area contributed by atoms with E-state index in [1.807, 2.05) is 0 Å². The Hall–Kier alpha value is -1.36. The van der Waals surface area contributed by atoms with Gasteiger partial charge in [-0.2, -0.15) is 0 Å². The van der Waals surface area contributed by atoms with Gasteiger partial charge in [-0.1, -0.05) is 15.9 Å². The van der Waals surface area contributed by atoms with E-state index in [0.717, 1.165) is 0 Å². The average molecular weight is 301 g/mol. The lowest BCUT2D eigenvalue weighted by Gasteiger charge is -2.17. The largest absolute Gasteiger partial charge is 0.478 e. The molecule has 1 aromatic carbocycles. The number of carbonyl (C=O) groups is 2. The number of rotatable bonds is 2. The first-order valence-corrected chi connectivity index (χ1v) is 5.76. The molecule has 17 heavy (non-hydrogen) atoms. The molecule has 0 bridgehead atoms. The van der Waals surface area contributed by atoms with Gasteiger partial charge in [0.1, 0.15) is 11.3 Å².